The van der Waals surface area contributed by atoms with Crippen LogP contribution in [-0.2, 0) is 4.74 Å². The van der Waals surface area contributed by atoms with Crippen LogP contribution in [0.15, 0.2) is 6.20 Å². The molecule has 3 rings (SSSR count). The van der Waals surface area contributed by atoms with E-state index in [0.29, 0.717) is 24.7 Å². The average molecular weight is 293 g/mol. The Morgan fingerprint density at radius 1 is 1.57 bits per heavy atom. The van der Waals surface area contributed by atoms with Gasteiger partial charge in [-0.3, -0.25) is 10.5 Å². The first-order chi connectivity index (χ1) is 10.0. The molecule has 9 nitrogen and oxygen atoms in total. The van der Waals surface area contributed by atoms with Gasteiger partial charge in [-0.2, -0.15) is 15.1 Å². The molecule has 1 fully saturated rings. The molecule has 1 aliphatic rings. The molecule has 0 spiro atoms. The van der Waals surface area contributed by atoms with Gasteiger partial charge < -0.3 is 14.7 Å². The van der Waals surface area contributed by atoms with Crippen LogP contribution in [0.3, 0.4) is 0 Å². The summed E-state index contributed by atoms with van der Waals surface area (Å²) in [6.07, 6.45) is 1.42. The Bertz CT molecular complexity index is 642. The number of nitrogen functional groups attached to an aromatic ring is 1. The first-order valence-electron chi connectivity index (χ1n) is 6.74. The number of ether oxygens (including phenoxy) is 1. The standard InChI is InChI=1S/C12H19N7O2/c1-12(2)6-19(4-7(5-20)21-12)10-8-3-14-18-9(8)15-11(16-10)17-13/h3,7,20H,4-6,13H2,1-2H3,(H2,14,15,16,17,18). The number of aromatic nitrogens is 4. The van der Waals surface area contributed by atoms with Gasteiger partial charge in [-0.15, -0.1) is 0 Å². The maximum Gasteiger partial charge on any atom is 0.241 e. The Hall–Kier alpha value is -1.97. The minimum atomic E-state index is -0.386. The number of hydrogen-bond donors (Lipinski definition) is 4. The highest BCUT2D eigenvalue weighted by Gasteiger charge is 2.34. The minimum Gasteiger partial charge on any atom is -0.394 e. The first-order valence-corrected chi connectivity index (χ1v) is 6.74. The molecule has 1 saturated heterocycles. The van der Waals surface area contributed by atoms with Gasteiger partial charge in [-0.25, -0.2) is 5.84 Å². The molecule has 21 heavy (non-hydrogen) atoms. The third kappa shape index (κ3) is 2.62. The second-order valence-corrected chi connectivity index (χ2v) is 5.71. The van der Waals surface area contributed by atoms with Gasteiger partial charge in [-0.1, -0.05) is 0 Å². The van der Waals surface area contributed by atoms with E-state index in [9.17, 15) is 5.11 Å². The molecule has 0 amide bonds. The molecule has 1 atom stereocenters. The summed E-state index contributed by atoms with van der Waals surface area (Å²) in [5.41, 5.74) is 2.68. The lowest BCUT2D eigenvalue weighted by atomic mass is 10.1. The molecule has 0 aliphatic carbocycles. The van der Waals surface area contributed by atoms with E-state index >= 15 is 0 Å². The van der Waals surface area contributed by atoms with Crippen LogP contribution in [0, 0.1) is 0 Å². The highest BCUT2D eigenvalue weighted by atomic mass is 16.5. The zero-order valence-electron chi connectivity index (χ0n) is 12.0. The number of aliphatic hydroxyl groups is 1. The van der Waals surface area contributed by atoms with Gasteiger partial charge in [0.2, 0.25) is 5.95 Å². The van der Waals surface area contributed by atoms with Crippen molar-refractivity contribution in [3.63, 3.8) is 0 Å². The van der Waals surface area contributed by atoms with Crippen LogP contribution in [0.1, 0.15) is 13.8 Å². The Morgan fingerprint density at radius 2 is 2.38 bits per heavy atom. The van der Waals surface area contributed by atoms with E-state index in [-0.39, 0.29) is 18.3 Å². The topological polar surface area (TPSA) is 125 Å². The van der Waals surface area contributed by atoms with Crippen molar-refractivity contribution in [2.24, 2.45) is 5.84 Å². The summed E-state index contributed by atoms with van der Waals surface area (Å²) in [5, 5.41) is 17.1. The second kappa shape index (κ2) is 5.10. The smallest absolute Gasteiger partial charge is 0.241 e. The summed E-state index contributed by atoms with van der Waals surface area (Å²) in [5.74, 6) is 6.45. The van der Waals surface area contributed by atoms with E-state index in [2.05, 4.69) is 30.5 Å². The van der Waals surface area contributed by atoms with Gasteiger partial charge in [0.1, 0.15) is 5.82 Å². The molecule has 3 heterocycles. The number of nitrogens with two attached hydrogens (primary N) is 1. The molecule has 5 N–H and O–H groups in total. The number of aromatic amines is 1. The van der Waals surface area contributed by atoms with Crippen molar-refractivity contribution in [2.45, 2.75) is 25.6 Å². The van der Waals surface area contributed by atoms with Crippen molar-refractivity contribution in [2.75, 3.05) is 30.0 Å². The van der Waals surface area contributed by atoms with Gasteiger partial charge in [-0.05, 0) is 13.8 Å². The van der Waals surface area contributed by atoms with Crippen LogP contribution in [0.2, 0.25) is 0 Å². The maximum absolute atomic E-state index is 9.43. The maximum atomic E-state index is 9.43. The molecule has 9 heteroatoms. The number of nitrogens with zero attached hydrogens (tertiary/aromatic N) is 4. The second-order valence-electron chi connectivity index (χ2n) is 5.71. The van der Waals surface area contributed by atoms with E-state index in [4.69, 9.17) is 10.6 Å². The molecule has 2 aromatic heterocycles. The van der Waals surface area contributed by atoms with Gasteiger partial charge in [0, 0.05) is 13.1 Å². The van der Waals surface area contributed by atoms with Gasteiger partial charge in [0.05, 0.1) is 29.9 Å². The number of morpholine rings is 1. The SMILES string of the molecule is CC1(C)CN(c2nc(NN)nc3[nH]ncc23)CC(CO)O1. The van der Waals surface area contributed by atoms with Crippen LogP contribution in [0.4, 0.5) is 11.8 Å². The molecule has 114 valence electrons. The summed E-state index contributed by atoms with van der Waals surface area (Å²) >= 11 is 0. The van der Waals surface area contributed by atoms with E-state index < -0.39 is 0 Å². The monoisotopic (exact) mass is 293 g/mol. The average Bonchev–Trinajstić information content (AvgIpc) is 2.92. The molecule has 0 aromatic carbocycles. The first kappa shape index (κ1) is 14.0. The van der Waals surface area contributed by atoms with E-state index in [1.807, 2.05) is 13.8 Å². The van der Waals surface area contributed by atoms with Crippen LogP contribution in [-0.4, -0.2) is 56.7 Å². The summed E-state index contributed by atoms with van der Waals surface area (Å²) in [7, 11) is 0. The van der Waals surface area contributed by atoms with Crippen molar-refractivity contribution < 1.29 is 9.84 Å². The largest absolute Gasteiger partial charge is 0.394 e. The summed E-state index contributed by atoms with van der Waals surface area (Å²) in [4.78, 5) is 10.7. The normalized spacial score (nSPS) is 21.7. The van der Waals surface area contributed by atoms with Crippen LogP contribution >= 0.6 is 0 Å². The fourth-order valence-corrected chi connectivity index (χ4v) is 2.68. The van der Waals surface area contributed by atoms with E-state index in [1.54, 1.807) is 6.20 Å². The highest BCUT2D eigenvalue weighted by molar-refractivity contribution is 5.87. The van der Waals surface area contributed by atoms with Gasteiger partial charge in [0.15, 0.2) is 5.65 Å². The van der Waals surface area contributed by atoms with E-state index in [1.165, 1.54) is 0 Å². The van der Waals surface area contributed by atoms with E-state index in [0.717, 1.165) is 11.2 Å². The van der Waals surface area contributed by atoms with Gasteiger partial charge in [0.25, 0.3) is 0 Å². The molecule has 1 unspecified atom stereocenters. The third-order valence-electron chi connectivity index (χ3n) is 3.40. The number of hydrogen-bond acceptors (Lipinski definition) is 8. The lowest BCUT2D eigenvalue weighted by Crippen LogP contribution is -2.54. The molecule has 0 saturated carbocycles. The third-order valence-corrected chi connectivity index (χ3v) is 3.40. The molecule has 0 radical (unpaired) electrons. The number of nitrogens with one attached hydrogen (secondary N) is 2. The molecule has 0 bridgehead atoms. The molecular formula is C12H19N7O2. The van der Waals surface area contributed by atoms with Crippen molar-refractivity contribution in [3.05, 3.63) is 6.20 Å². The van der Waals surface area contributed by atoms with Crippen LogP contribution in [0.5, 0.6) is 0 Å². The number of hydrazine groups is 1. The quantitative estimate of drug-likeness (QED) is 0.445. The Morgan fingerprint density at radius 3 is 3.10 bits per heavy atom. The number of anilines is 2. The zero-order valence-corrected chi connectivity index (χ0v) is 12.0. The number of rotatable bonds is 3. The lowest BCUT2D eigenvalue weighted by Gasteiger charge is -2.42. The van der Waals surface area contributed by atoms with Crippen molar-refractivity contribution in [1.82, 2.24) is 20.2 Å². The van der Waals surface area contributed by atoms with Gasteiger partial charge >= 0.3 is 0 Å². The number of aliphatic hydroxyl groups excluding tert-OH is 1. The molecular weight excluding hydrogens is 274 g/mol. The zero-order chi connectivity index (χ0) is 15.0. The Labute approximate surface area is 121 Å². The Kier molecular flexibility index (Phi) is 3.40. The lowest BCUT2D eigenvalue weighted by molar-refractivity contribution is -0.101. The predicted octanol–water partition coefficient (Wildman–Crippen LogP) is -0.385. The molecule has 2 aromatic rings. The van der Waals surface area contributed by atoms with Crippen molar-refractivity contribution >= 4 is 22.8 Å². The summed E-state index contributed by atoms with van der Waals surface area (Å²) < 4.78 is 5.83. The minimum absolute atomic E-state index is 0.0401. The fourth-order valence-electron chi connectivity index (χ4n) is 2.68. The van der Waals surface area contributed by atoms with Crippen molar-refractivity contribution in [1.29, 1.82) is 0 Å². The Balaban J connectivity index is 2.04. The van der Waals surface area contributed by atoms with Crippen molar-refractivity contribution in [3.8, 4) is 0 Å². The molecule has 1 aliphatic heterocycles. The highest BCUT2D eigenvalue weighted by Crippen LogP contribution is 2.29. The summed E-state index contributed by atoms with van der Waals surface area (Å²) in [6, 6.07) is 0. The number of H-pyrrole nitrogens is 1. The number of fused-ring (bicyclic) bond motifs is 1. The predicted molar refractivity (Wildman–Crippen MR) is 77.7 cm³/mol. The fraction of sp³-hybridized carbons (Fsp3) is 0.583. The van der Waals surface area contributed by atoms with Crippen LogP contribution in [0.25, 0.3) is 11.0 Å². The van der Waals surface area contributed by atoms with Crippen LogP contribution < -0.4 is 16.2 Å². The summed E-state index contributed by atoms with van der Waals surface area (Å²) in [6.45, 7) is 5.11.